The summed E-state index contributed by atoms with van der Waals surface area (Å²) >= 11 is 1.34. The fourth-order valence-electron chi connectivity index (χ4n) is 1.80. The number of amides is 3. The van der Waals surface area contributed by atoms with Gasteiger partial charge < -0.3 is 10.4 Å². The SMILES string of the molecule is CC(O)C(C)SCC(=O)NC(=O)NC1CCCC1. The van der Waals surface area contributed by atoms with Crippen molar-refractivity contribution in [1.82, 2.24) is 10.6 Å². The van der Waals surface area contributed by atoms with Crippen LogP contribution in [-0.4, -0.2) is 40.2 Å². The van der Waals surface area contributed by atoms with Crippen molar-refractivity contribution < 1.29 is 14.7 Å². The zero-order valence-electron chi connectivity index (χ0n) is 10.9. The van der Waals surface area contributed by atoms with Crippen molar-refractivity contribution >= 4 is 23.7 Å². The van der Waals surface area contributed by atoms with Crippen LogP contribution in [0, 0.1) is 0 Å². The molecule has 0 bridgehead atoms. The van der Waals surface area contributed by atoms with E-state index in [1.165, 1.54) is 11.8 Å². The number of rotatable bonds is 5. The van der Waals surface area contributed by atoms with Gasteiger partial charge in [-0.25, -0.2) is 4.79 Å². The molecule has 1 aliphatic rings. The van der Waals surface area contributed by atoms with E-state index < -0.39 is 12.1 Å². The highest BCUT2D eigenvalue weighted by Gasteiger charge is 2.18. The lowest BCUT2D eigenvalue weighted by Gasteiger charge is -2.14. The highest BCUT2D eigenvalue weighted by Crippen LogP contribution is 2.17. The summed E-state index contributed by atoms with van der Waals surface area (Å²) in [4.78, 5) is 23.0. The van der Waals surface area contributed by atoms with Gasteiger partial charge in [-0.3, -0.25) is 10.1 Å². The number of hydrogen-bond acceptors (Lipinski definition) is 4. The Kier molecular flexibility index (Phi) is 6.49. The first-order valence-electron chi connectivity index (χ1n) is 6.39. The summed E-state index contributed by atoms with van der Waals surface area (Å²) in [6, 6.07) is -0.195. The third-order valence-electron chi connectivity index (χ3n) is 3.10. The van der Waals surface area contributed by atoms with Gasteiger partial charge in [0.25, 0.3) is 0 Å². The van der Waals surface area contributed by atoms with E-state index in [0.717, 1.165) is 25.7 Å². The van der Waals surface area contributed by atoms with E-state index in [2.05, 4.69) is 10.6 Å². The summed E-state index contributed by atoms with van der Waals surface area (Å²) in [5.74, 6) is -0.132. The molecule has 6 heteroatoms. The molecule has 0 spiro atoms. The molecule has 5 nitrogen and oxygen atoms in total. The van der Waals surface area contributed by atoms with Gasteiger partial charge in [-0.15, -0.1) is 11.8 Å². The zero-order chi connectivity index (χ0) is 13.5. The molecule has 3 N–H and O–H groups in total. The summed E-state index contributed by atoms with van der Waals surface area (Å²) in [6.45, 7) is 3.53. The highest BCUT2D eigenvalue weighted by atomic mass is 32.2. The number of hydrogen-bond donors (Lipinski definition) is 3. The van der Waals surface area contributed by atoms with Crippen LogP contribution in [0.3, 0.4) is 0 Å². The van der Waals surface area contributed by atoms with Crippen molar-refractivity contribution in [1.29, 1.82) is 0 Å². The molecule has 2 atom stereocenters. The molecule has 3 amide bonds. The molecule has 104 valence electrons. The number of carbonyl (C=O) groups is 2. The molecule has 0 radical (unpaired) electrons. The second kappa shape index (κ2) is 7.63. The van der Waals surface area contributed by atoms with Gasteiger partial charge in [0.15, 0.2) is 0 Å². The van der Waals surface area contributed by atoms with Crippen LogP contribution < -0.4 is 10.6 Å². The van der Waals surface area contributed by atoms with Crippen LogP contribution in [0.1, 0.15) is 39.5 Å². The Morgan fingerprint density at radius 3 is 2.50 bits per heavy atom. The van der Waals surface area contributed by atoms with E-state index in [4.69, 9.17) is 0 Å². The monoisotopic (exact) mass is 274 g/mol. The highest BCUT2D eigenvalue weighted by molar-refractivity contribution is 8.00. The quantitative estimate of drug-likeness (QED) is 0.705. The smallest absolute Gasteiger partial charge is 0.321 e. The van der Waals surface area contributed by atoms with Crippen molar-refractivity contribution in [2.24, 2.45) is 0 Å². The number of aliphatic hydroxyl groups is 1. The molecule has 1 aliphatic carbocycles. The number of nitrogens with one attached hydrogen (secondary N) is 2. The van der Waals surface area contributed by atoms with Gasteiger partial charge in [0.05, 0.1) is 11.9 Å². The number of thioether (sulfide) groups is 1. The van der Waals surface area contributed by atoms with Gasteiger partial charge in [-0.1, -0.05) is 19.8 Å². The molecule has 0 aliphatic heterocycles. The lowest BCUT2D eigenvalue weighted by Crippen LogP contribution is -2.44. The molecule has 2 unspecified atom stereocenters. The van der Waals surface area contributed by atoms with E-state index >= 15 is 0 Å². The van der Waals surface area contributed by atoms with E-state index in [9.17, 15) is 14.7 Å². The Labute approximate surface area is 112 Å². The van der Waals surface area contributed by atoms with Gasteiger partial charge in [-0.05, 0) is 19.8 Å². The Balaban J connectivity index is 2.16. The molecular weight excluding hydrogens is 252 g/mol. The molecule has 0 aromatic carbocycles. The molecule has 1 fully saturated rings. The number of aliphatic hydroxyl groups excluding tert-OH is 1. The van der Waals surface area contributed by atoms with Crippen molar-refractivity contribution in [3.05, 3.63) is 0 Å². The maximum atomic E-state index is 11.5. The summed E-state index contributed by atoms with van der Waals surface area (Å²) in [7, 11) is 0. The van der Waals surface area contributed by atoms with E-state index in [0.29, 0.717) is 0 Å². The van der Waals surface area contributed by atoms with Crippen molar-refractivity contribution in [3.8, 4) is 0 Å². The van der Waals surface area contributed by atoms with E-state index in [1.807, 2.05) is 6.92 Å². The lowest BCUT2D eigenvalue weighted by atomic mass is 10.2. The second-order valence-electron chi connectivity index (χ2n) is 4.76. The normalized spacial score (nSPS) is 19.3. The van der Waals surface area contributed by atoms with E-state index in [1.54, 1.807) is 6.92 Å². The first kappa shape index (κ1) is 15.3. The van der Waals surface area contributed by atoms with Gasteiger partial charge in [0.1, 0.15) is 0 Å². The summed E-state index contributed by atoms with van der Waals surface area (Å²) in [5, 5.41) is 14.4. The molecule has 0 saturated heterocycles. The summed E-state index contributed by atoms with van der Waals surface area (Å²) in [6.07, 6.45) is 3.81. The first-order chi connectivity index (χ1) is 8.49. The largest absolute Gasteiger partial charge is 0.392 e. The molecule has 0 aromatic rings. The Morgan fingerprint density at radius 1 is 1.33 bits per heavy atom. The average Bonchev–Trinajstić information content (AvgIpc) is 2.78. The standard InChI is InChI=1S/C12H22N2O3S/c1-8(15)9(2)18-7-11(16)14-12(17)13-10-5-3-4-6-10/h8-10,15H,3-7H2,1-2H3,(H2,13,14,16,17). The predicted octanol–water partition coefficient (Wildman–Crippen LogP) is 1.26. The third-order valence-corrected chi connectivity index (χ3v) is 4.45. The maximum absolute atomic E-state index is 11.5. The van der Waals surface area contributed by atoms with Crippen molar-refractivity contribution in [2.45, 2.75) is 56.9 Å². The minimum atomic E-state index is -0.463. The number of urea groups is 1. The minimum Gasteiger partial charge on any atom is -0.392 e. The Bertz CT molecular complexity index is 291. The molecule has 1 rings (SSSR count). The fourth-order valence-corrected chi connectivity index (χ4v) is 2.57. The van der Waals surface area contributed by atoms with Gasteiger partial charge in [0, 0.05) is 11.3 Å². The Morgan fingerprint density at radius 2 is 1.94 bits per heavy atom. The van der Waals surface area contributed by atoms with Gasteiger partial charge in [-0.2, -0.15) is 0 Å². The lowest BCUT2D eigenvalue weighted by molar-refractivity contribution is -0.117. The maximum Gasteiger partial charge on any atom is 0.321 e. The van der Waals surface area contributed by atoms with Gasteiger partial charge in [0.2, 0.25) is 5.91 Å². The molecule has 0 aromatic heterocycles. The van der Waals surface area contributed by atoms with Crippen LogP contribution in [0.5, 0.6) is 0 Å². The molecule has 18 heavy (non-hydrogen) atoms. The summed E-state index contributed by atoms with van der Waals surface area (Å²) in [5.41, 5.74) is 0. The average molecular weight is 274 g/mol. The number of carbonyl (C=O) groups excluding carboxylic acids is 2. The zero-order valence-corrected chi connectivity index (χ0v) is 11.8. The van der Waals surface area contributed by atoms with Crippen molar-refractivity contribution in [2.75, 3.05) is 5.75 Å². The van der Waals surface area contributed by atoms with Crippen LogP contribution in [0.4, 0.5) is 4.79 Å². The molecular formula is C12H22N2O3S. The van der Waals surface area contributed by atoms with Crippen LogP contribution in [-0.2, 0) is 4.79 Å². The molecule has 0 heterocycles. The first-order valence-corrected chi connectivity index (χ1v) is 7.44. The van der Waals surface area contributed by atoms with Crippen LogP contribution in [0.2, 0.25) is 0 Å². The van der Waals surface area contributed by atoms with Crippen LogP contribution >= 0.6 is 11.8 Å². The third kappa shape index (κ3) is 5.73. The van der Waals surface area contributed by atoms with Crippen molar-refractivity contribution in [3.63, 3.8) is 0 Å². The summed E-state index contributed by atoms with van der Waals surface area (Å²) < 4.78 is 0. The van der Waals surface area contributed by atoms with E-state index in [-0.39, 0.29) is 23.0 Å². The predicted molar refractivity (Wildman–Crippen MR) is 72.5 cm³/mol. The minimum absolute atomic E-state index is 0.0198. The molecule has 1 saturated carbocycles. The Hall–Kier alpha value is -0.750. The second-order valence-corrected chi connectivity index (χ2v) is 6.13. The topological polar surface area (TPSA) is 78.4 Å². The van der Waals surface area contributed by atoms with Gasteiger partial charge >= 0.3 is 6.03 Å². The van der Waals surface area contributed by atoms with Crippen LogP contribution in [0.25, 0.3) is 0 Å². The fraction of sp³-hybridized carbons (Fsp3) is 0.833. The number of imide groups is 1. The van der Waals surface area contributed by atoms with Crippen LogP contribution in [0.15, 0.2) is 0 Å².